The molecule has 1 aromatic carbocycles. The second kappa shape index (κ2) is 3.93. The Kier molecular flexibility index (Phi) is 2.62. The fourth-order valence-electron chi connectivity index (χ4n) is 1.91. The quantitative estimate of drug-likeness (QED) is 0.761. The lowest BCUT2D eigenvalue weighted by Gasteiger charge is -2.26. The third-order valence-electron chi connectivity index (χ3n) is 2.58. The van der Waals surface area contributed by atoms with Gasteiger partial charge in [-0.2, -0.15) is 0 Å². The average Bonchev–Trinajstić information content (AvgIpc) is 2.18. The highest BCUT2D eigenvalue weighted by molar-refractivity contribution is 5.73. The number of rotatable bonds is 1. The zero-order valence-electron chi connectivity index (χ0n) is 9.04. The normalized spacial score (nSPS) is 18.9. The van der Waals surface area contributed by atoms with Crippen LogP contribution in [0.25, 0.3) is 0 Å². The molecule has 1 aliphatic rings. The Balaban J connectivity index is 2.32. The Morgan fingerprint density at radius 1 is 1.53 bits per heavy atom. The van der Waals surface area contributed by atoms with E-state index in [0.29, 0.717) is 6.61 Å². The first kappa shape index (κ1) is 10.0. The van der Waals surface area contributed by atoms with Gasteiger partial charge in [0, 0.05) is 18.9 Å². The molecule has 3 heteroatoms. The van der Waals surface area contributed by atoms with Crippen LogP contribution in [-0.2, 0) is 4.79 Å². The van der Waals surface area contributed by atoms with Crippen LogP contribution in [0.4, 0.5) is 0 Å². The zero-order valence-corrected chi connectivity index (χ0v) is 9.04. The van der Waals surface area contributed by atoms with Gasteiger partial charge in [-0.15, -0.1) is 0 Å². The summed E-state index contributed by atoms with van der Waals surface area (Å²) in [5.74, 6) is 0.903. The lowest BCUT2D eigenvalue weighted by molar-refractivity contribution is -0.119. The molecule has 0 spiro atoms. The van der Waals surface area contributed by atoms with Crippen molar-refractivity contribution in [2.45, 2.75) is 26.3 Å². The maximum atomic E-state index is 11.1. The van der Waals surface area contributed by atoms with Gasteiger partial charge >= 0.3 is 0 Å². The summed E-state index contributed by atoms with van der Waals surface area (Å²) in [6.07, 6.45) is 0.843. The van der Waals surface area contributed by atoms with Crippen LogP contribution in [0.3, 0.4) is 0 Å². The van der Waals surface area contributed by atoms with Gasteiger partial charge in [-0.1, -0.05) is 17.7 Å². The molecule has 1 aromatic rings. The second-order valence-corrected chi connectivity index (χ2v) is 3.93. The molecule has 1 atom stereocenters. The third-order valence-corrected chi connectivity index (χ3v) is 2.58. The third kappa shape index (κ3) is 2.12. The van der Waals surface area contributed by atoms with Crippen LogP contribution in [0.15, 0.2) is 18.2 Å². The Morgan fingerprint density at radius 2 is 2.33 bits per heavy atom. The molecular formula is C12H15NO2. The van der Waals surface area contributed by atoms with E-state index in [-0.39, 0.29) is 11.9 Å². The molecule has 1 amide bonds. The van der Waals surface area contributed by atoms with E-state index >= 15 is 0 Å². The summed E-state index contributed by atoms with van der Waals surface area (Å²) in [6.45, 7) is 4.26. The average molecular weight is 205 g/mol. The molecule has 0 aromatic heterocycles. The molecular weight excluding hydrogens is 190 g/mol. The summed E-state index contributed by atoms with van der Waals surface area (Å²) >= 11 is 0. The van der Waals surface area contributed by atoms with Crippen molar-refractivity contribution in [2.24, 2.45) is 0 Å². The van der Waals surface area contributed by atoms with Crippen molar-refractivity contribution in [2.75, 3.05) is 6.61 Å². The predicted octanol–water partition coefficient (Wildman–Crippen LogP) is 1.95. The van der Waals surface area contributed by atoms with E-state index in [1.54, 1.807) is 6.92 Å². The number of amides is 1. The summed E-state index contributed by atoms with van der Waals surface area (Å²) in [5, 5.41) is 2.95. The monoisotopic (exact) mass is 205 g/mol. The number of aryl methyl sites for hydroxylation is 1. The number of hydrogen-bond acceptors (Lipinski definition) is 2. The first-order valence-electron chi connectivity index (χ1n) is 5.17. The smallest absolute Gasteiger partial charge is 0.217 e. The van der Waals surface area contributed by atoms with Crippen molar-refractivity contribution in [3.05, 3.63) is 29.3 Å². The van der Waals surface area contributed by atoms with Crippen molar-refractivity contribution in [1.82, 2.24) is 5.32 Å². The molecule has 3 nitrogen and oxygen atoms in total. The van der Waals surface area contributed by atoms with E-state index in [1.165, 1.54) is 5.56 Å². The number of benzene rings is 1. The summed E-state index contributed by atoms with van der Waals surface area (Å²) in [6, 6.07) is 6.18. The topological polar surface area (TPSA) is 38.3 Å². The molecule has 15 heavy (non-hydrogen) atoms. The highest BCUT2D eigenvalue weighted by Crippen LogP contribution is 2.32. The van der Waals surface area contributed by atoms with E-state index in [9.17, 15) is 4.79 Å². The van der Waals surface area contributed by atoms with Gasteiger partial charge in [0.15, 0.2) is 0 Å². The van der Waals surface area contributed by atoms with Crippen molar-refractivity contribution in [3.8, 4) is 5.75 Å². The van der Waals surface area contributed by atoms with Gasteiger partial charge in [0.1, 0.15) is 5.75 Å². The van der Waals surface area contributed by atoms with E-state index in [1.807, 2.05) is 19.1 Å². The molecule has 80 valence electrons. The van der Waals surface area contributed by atoms with Crippen LogP contribution in [0.2, 0.25) is 0 Å². The minimum atomic E-state index is 0.00866. The van der Waals surface area contributed by atoms with Gasteiger partial charge in [-0.25, -0.2) is 0 Å². The zero-order chi connectivity index (χ0) is 10.8. The SMILES string of the molecule is CC(=O)N[C@@H]1CCOc2ccc(C)cc21. The Bertz CT molecular complexity index is 387. The first-order chi connectivity index (χ1) is 7.16. The Labute approximate surface area is 89.4 Å². The van der Waals surface area contributed by atoms with Crippen LogP contribution < -0.4 is 10.1 Å². The molecule has 1 aliphatic heterocycles. The van der Waals surface area contributed by atoms with E-state index in [4.69, 9.17) is 4.74 Å². The lowest BCUT2D eigenvalue weighted by Crippen LogP contribution is -2.30. The van der Waals surface area contributed by atoms with Gasteiger partial charge in [0.05, 0.1) is 12.6 Å². The summed E-state index contributed by atoms with van der Waals surface area (Å²) in [5.41, 5.74) is 2.28. The van der Waals surface area contributed by atoms with E-state index in [0.717, 1.165) is 17.7 Å². The minimum Gasteiger partial charge on any atom is -0.493 e. The van der Waals surface area contributed by atoms with Crippen molar-refractivity contribution in [1.29, 1.82) is 0 Å². The van der Waals surface area contributed by atoms with Gasteiger partial charge in [0.25, 0.3) is 0 Å². The van der Waals surface area contributed by atoms with Crippen LogP contribution in [0, 0.1) is 6.92 Å². The molecule has 1 heterocycles. The Hall–Kier alpha value is -1.51. The number of nitrogens with one attached hydrogen (secondary N) is 1. The number of fused-ring (bicyclic) bond motifs is 1. The largest absolute Gasteiger partial charge is 0.493 e. The van der Waals surface area contributed by atoms with E-state index < -0.39 is 0 Å². The van der Waals surface area contributed by atoms with Crippen molar-refractivity contribution < 1.29 is 9.53 Å². The summed E-state index contributed by atoms with van der Waals surface area (Å²) in [4.78, 5) is 11.1. The molecule has 0 saturated carbocycles. The molecule has 0 radical (unpaired) electrons. The molecule has 2 rings (SSSR count). The minimum absolute atomic E-state index is 0.00866. The number of carbonyl (C=O) groups excluding carboxylic acids is 1. The Morgan fingerprint density at radius 3 is 3.07 bits per heavy atom. The van der Waals surface area contributed by atoms with Crippen LogP contribution >= 0.6 is 0 Å². The number of carbonyl (C=O) groups is 1. The molecule has 0 unspecified atom stereocenters. The summed E-state index contributed by atoms with van der Waals surface area (Å²) < 4.78 is 5.54. The number of ether oxygens (including phenoxy) is 1. The molecule has 0 aliphatic carbocycles. The van der Waals surface area contributed by atoms with E-state index in [2.05, 4.69) is 11.4 Å². The van der Waals surface area contributed by atoms with Crippen molar-refractivity contribution >= 4 is 5.91 Å². The maximum Gasteiger partial charge on any atom is 0.217 e. The number of hydrogen-bond donors (Lipinski definition) is 1. The molecule has 0 bridgehead atoms. The standard InChI is InChI=1S/C12H15NO2/c1-8-3-4-12-10(7-8)11(5-6-15-12)13-9(2)14/h3-4,7,11H,5-6H2,1-2H3,(H,13,14)/t11-/m1/s1. The fourth-order valence-corrected chi connectivity index (χ4v) is 1.91. The van der Waals surface area contributed by atoms with Crippen LogP contribution in [-0.4, -0.2) is 12.5 Å². The first-order valence-corrected chi connectivity index (χ1v) is 5.17. The van der Waals surface area contributed by atoms with Gasteiger partial charge in [-0.3, -0.25) is 4.79 Å². The van der Waals surface area contributed by atoms with Gasteiger partial charge in [0.2, 0.25) is 5.91 Å². The lowest BCUT2D eigenvalue weighted by atomic mass is 9.98. The second-order valence-electron chi connectivity index (χ2n) is 3.93. The van der Waals surface area contributed by atoms with Crippen LogP contribution in [0.5, 0.6) is 5.75 Å². The van der Waals surface area contributed by atoms with Gasteiger partial charge < -0.3 is 10.1 Å². The predicted molar refractivity (Wildman–Crippen MR) is 57.8 cm³/mol. The fraction of sp³-hybridized carbons (Fsp3) is 0.417. The molecule has 0 saturated heterocycles. The van der Waals surface area contributed by atoms with Gasteiger partial charge in [-0.05, 0) is 13.0 Å². The van der Waals surface area contributed by atoms with Crippen molar-refractivity contribution in [3.63, 3.8) is 0 Å². The summed E-state index contributed by atoms with van der Waals surface area (Å²) in [7, 11) is 0. The highest BCUT2D eigenvalue weighted by Gasteiger charge is 2.21. The molecule has 0 fully saturated rings. The highest BCUT2D eigenvalue weighted by atomic mass is 16.5. The molecule has 1 N–H and O–H groups in total. The maximum absolute atomic E-state index is 11.1. The van der Waals surface area contributed by atoms with Crippen LogP contribution in [0.1, 0.15) is 30.5 Å².